The second kappa shape index (κ2) is 9.97. The molecule has 0 atom stereocenters. The quantitative estimate of drug-likeness (QED) is 0.332. The van der Waals surface area contributed by atoms with Crippen LogP contribution in [0.5, 0.6) is 0 Å². The molecule has 1 N–H and O–H groups in total. The maximum atomic E-state index is 11.3. The molecule has 0 radical (unpaired) electrons. The van der Waals surface area contributed by atoms with E-state index in [2.05, 4.69) is 108 Å². The number of nitrogens with zero attached hydrogens (tertiary/aromatic N) is 1. The van der Waals surface area contributed by atoms with Crippen LogP contribution in [0.15, 0.2) is 121 Å². The molecular formula is C32H33NO. The molecule has 0 aliphatic carbocycles. The van der Waals surface area contributed by atoms with Crippen LogP contribution in [0.3, 0.4) is 0 Å². The zero-order valence-electron chi connectivity index (χ0n) is 19.7. The van der Waals surface area contributed by atoms with E-state index in [0.29, 0.717) is 0 Å². The Morgan fingerprint density at radius 2 is 0.971 bits per heavy atom. The summed E-state index contributed by atoms with van der Waals surface area (Å²) in [6.07, 6.45) is 2.52. The van der Waals surface area contributed by atoms with Crippen molar-refractivity contribution in [2.24, 2.45) is 0 Å². The average molecular weight is 448 g/mol. The molecule has 2 heteroatoms. The third-order valence-corrected chi connectivity index (χ3v) is 7.60. The highest BCUT2D eigenvalue weighted by Gasteiger charge is 2.38. The summed E-state index contributed by atoms with van der Waals surface area (Å²) in [7, 11) is 0. The van der Waals surface area contributed by atoms with E-state index in [-0.39, 0.29) is 5.41 Å². The second-order valence-electron chi connectivity index (χ2n) is 9.49. The van der Waals surface area contributed by atoms with Gasteiger partial charge >= 0.3 is 0 Å². The van der Waals surface area contributed by atoms with Gasteiger partial charge in [0.25, 0.3) is 0 Å². The zero-order chi connectivity index (χ0) is 23.3. The molecule has 0 unspecified atom stereocenters. The molecule has 2 nitrogen and oxygen atoms in total. The van der Waals surface area contributed by atoms with Crippen molar-refractivity contribution in [2.75, 3.05) is 19.6 Å². The molecule has 1 fully saturated rings. The highest BCUT2D eigenvalue weighted by molar-refractivity contribution is 5.50. The minimum absolute atomic E-state index is 0.225. The summed E-state index contributed by atoms with van der Waals surface area (Å²) in [4.78, 5) is 2.53. The van der Waals surface area contributed by atoms with Crippen molar-refractivity contribution in [3.05, 3.63) is 144 Å². The second-order valence-corrected chi connectivity index (χ2v) is 9.49. The molecule has 1 aliphatic rings. The molecule has 1 heterocycles. The highest BCUT2D eigenvalue weighted by Crippen LogP contribution is 2.43. The molecular weight excluding hydrogens is 414 g/mol. The maximum Gasteiger partial charge on any atom is 0.0920 e. The Labute approximate surface area is 203 Å². The minimum Gasteiger partial charge on any atom is -0.385 e. The third kappa shape index (κ3) is 4.44. The summed E-state index contributed by atoms with van der Waals surface area (Å²) in [6, 6.07) is 43.0. The van der Waals surface area contributed by atoms with Gasteiger partial charge in [-0.15, -0.1) is 0 Å². The number of hydrogen-bond acceptors (Lipinski definition) is 2. The molecule has 1 aliphatic heterocycles. The van der Waals surface area contributed by atoms with Gasteiger partial charge in [0.05, 0.1) is 5.60 Å². The first-order chi connectivity index (χ1) is 16.7. The number of aliphatic hydroxyl groups is 1. The van der Waals surface area contributed by atoms with Gasteiger partial charge in [-0.25, -0.2) is 0 Å². The summed E-state index contributed by atoms with van der Waals surface area (Å²) in [5, 5.41) is 11.3. The van der Waals surface area contributed by atoms with E-state index in [0.717, 1.165) is 44.5 Å². The Morgan fingerprint density at radius 1 is 0.588 bits per heavy atom. The smallest absolute Gasteiger partial charge is 0.0920 e. The molecule has 1 saturated heterocycles. The van der Waals surface area contributed by atoms with Crippen LogP contribution in [0.1, 0.15) is 41.5 Å². The van der Waals surface area contributed by atoms with Crippen LogP contribution in [0.4, 0.5) is 0 Å². The molecule has 172 valence electrons. The third-order valence-electron chi connectivity index (χ3n) is 7.60. The predicted octanol–water partition coefficient (Wildman–Crippen LogP) is 6.39. The topological polar surface area (TPSA) is 23.5 Å². The predicted molar refractivity (Wildman–Crippen MR) is 140 cm³/mol. The van der Waals surface area contributed by atoms with E-state index in [9.17, 15) is 5.11 Å². The van der Waals surface area contributed by atoms with Gasteiger partial charge in [-0.05, 0) is 48.1 Å². The summed E-state index contributed by atoms with van der Waals surface area (Å²) in [5.41, 5.74) is 4.08. The van der Waals surface area contributed by atoms with Crippen molar-refractivity contribution in [3.8, 4) is 0 Å². The van der Waals surface area contributed by atoms with Crippen molar-refractivity contribution in [1.82, 2.24) is 4.90 Å². The van der Waals surface area contributed by atoms with Gasteiger partial charge in [0.1, 0.15) is 0 Å². The number of hydrogen-bond donors (Lipinski definition) is 1. The lowest BCUT2D eigenvalue weighted by molar-refractivity contribution is -0.0265. The number of rotatable bonds is 7. The van der Waals surface area contributed by atoms with E-state index < -0.39 is 5.60 Å². The van der Waals surface area contributed by atoms with Crippen LogP contribution in [-0.4, -0.2) is 29.6 Å². The fraction of sp³-hybridized carbons (Fsp3) is 0.250. The van der Waals surface area contributed by atoms with Crippen molar-refractivity contribution in [3.63, 3.8) is 0 Å². The van der Waals surface area contributed by atoms with Crippen LogP contribution in [-0.2, 0) is 11.0 Å². The molecule has 0 aromatic heterocycles. The van der Waals surface area contributed by atoms with Crippen LogP contribution in [0.25, 0.3) is 0 Å². The molecule has 0 saturated carbocycles. The number of benzene rings is 4. The molecule has 0 amide bonds. The Bertz CT molecular complexity index is 1050. The molecule has 34 heavy (non-hydrogen) atoms. The maximum absolute atomic E-state index is 11.3. The summed E-state index contributed by atoms with van der Waals surface area (Å²) < 4.78 is 0. The Balaban J connectivity index is 1.44. The molecule has 0 spiro atoms. The van der Waals surface area contributed by atoms with Gasteiger partial charge in [0.15, 0.2) is 0 Å². The van der Waals surface area contributed by atoms with Crippen LogP contribution in [0, 0.1) is 0 Å². The van der Waals surface area contributed by atoms with Crippen molar-refractivity contribution >= 4 is 0 Å². The Morgan fingerprint density at radius 3 is 1.38 bits per heavy atom. The molecule has 4 aromatic carbocycles. The van der Waals surface area contributed by atoms with E-state index in [1.165, 1.54) is 16.7 Å². The average Bonchev–Trinajstić information content (AvgIpc) is 2.92. The Kier molecular flexibility index (Phi) is 6.62. The van der Waals surface area contributed by atoms with Crippen LogP contribution >= 0.6 is 0 Å². The fourth-order valence-corrected chi connectivity index (χ4v) is 5.61. The summed E-state index contributed by atoms with van der Waals surface area (Å²) >= 11 is 0. The lowest BCUT2D eigenvalue weighted by Crippen LogP contribution is -2.44. The van der Waals surface area contributed by atoms with Gasteiger partial charge < -0.3 is 10.0 Å². The number of piperidine rings is 1. The summed E-state index contributed by atoms with van der Waals surface area (Å²) in [6.45, 7) is 2.78. The van der Waals surface area contributed by atoms with Crippen LogP contribution < -0.4 is 0 Å². The normalized spacial score (nSPS) is 16.3. The lowest BCUT2D eigenvalue weighted by atomic mass is 9.67. The monoisotopic (exact) mass is 447 g/mol. The van der Waals surface area contributed by atoms with E-state index >= 15 is 0 Å². The first-order valence-corrected chi connectivity index (χ1v) is 12.4. The largest absolute Gasteiger partial charge is 0.385 e. The highest BCUT2D eigenvalue weighted by atomic mass is 16.3. The summed E-state index contributed by atoms with van der Waals surface area (Å²) in [5.74, 6) is 0. The van der Waals surface area contributed by atoms with Crippen molar-refractivity contribution < 1.29 is 5.11 Å². The number of likely N-dealkylation sites (tertiary alicyclic amines) is 1. The van der Waals surface area contributed by atoms with Gasteiger partial charge in [-0.2, -0.15) is 0 Å². The van der Waals surface area contributed by atoms with Crippen molar-refractivity contribution in [2.45, 2.75) is 30.3 Å². The standard InChI is InChI=1S/C32H33NO/c34-31(27-13-5-1-6-14-27)21-24-33(25-22-31)26-23-32(28-15-7-2-8-16-28,29-17-9-3-10-18-29)30-19-11-4-12-20-30/h1-20,34H,21-26H2. The Hall–Kier alpha value is -3.20. The van der Waals surface area contributed by atoms with Crippen LogP contribution in [0.2, 0.25) is 0 Å². The first-order valence-electron chi connectivity index (χ1n) is 12.4. The fourth-order valence-electron chi connectivity index (χ4n) is 5.61. The van der Waals surface area contributed by atoms with E-state index in [1.54, 1.807) is 0 Å². The minimum atomic E-state index is -0.715. The molecule has 4 aromatic rings. The van der Waals surface area contributed by atoms with Gasteiger partial charge in [-0.3, -0.25) is 0 Å². The lowest BCUT2D eigenvalue weighted by Gasteiger charge is -2.41. The van der Waals surface area contributed by atoms with Crippen molar-refractivity contribution in [1.29, 1.82) is 0 Å². The van der Waals surface area contributed by atoms with E-state index in [1.807, 2.05) is 18.2 Å². The molecule has 0 bridgehead atoms. The van der Waals surface area contributed by atoms with Gasteiger partial charge in [-0.1, -0.05) is 121 Å². The first kappa shape index (κ1) is 22.6. The molecule has 5 rings (SSSR count). The SMILES string of the molecule is OC1(c2ccccc2)CCN(CCC(c2ccccc2)(c2ccccc2)c2ccccc2)CC1. The van der Waals surface area contributed by atoms with Gasteiger partial charge in [0.2, 0.25) is 0 Å². The van der Waals surface area contributed by atoms with E-state index in [4.69, 9.17) is 0 Å². The van der Waals surface area contributed by atoms with Gasteiger partial charge in [0, 0.05) is 18.5 Å². The zero-order valence-corrected chi connectivity index (χ0v) is 19.7.